The van der Waals surface area contributed by atoms with Crippen molar-refractivity contribution < 1.29 is 9.21 Å². The maximum absolute atomic E-state index is 11.6. The van der Waals surface area contributed by atoms with E-state index in [1.165, 1.54) is 12.1 Å². The van der Waals surface area contributed by atoms with Crippen molar-refractivity contribution in [3.8, 4) is 12.3 Å². The molecular formula is C11H11NO3. The number of carbonyl (C=O) groups is 1. The van der Waals surface area contributed by atoms with Gasteiger partial charge in [0.05, 0.1) is 11.1 Å². The highest BCUT2D eigenvalue weighted by molar-refractivity contribution is 5.94. The second-order valence-electron chi connectivity index (χ2n) is 3.57. The molecule has 0 aliphatic carbocycles. The van der Waals surface area contributed by atoms with Crippen molar-refractivity contribution in [3.63, 3.8) is 0 Å². The van der Waals surface area contributed by atoms with Gasteiger partial charge in [0.25, 0.3) is 5.91 Å². The summed E-state index contributed by atoms with van der Waals surface area (Å²) in [6.07, 6.45) is 6.32. The van der Waals surface area contributed by atoms with Gasteiger partial charge in [0.1, 0.15) is 6.26 Å². The monoisotopic (exact) mass is 205 g/mol. The molecule has 1 N–H and O–H groups in total. The van der Waals surface area contributed by atoms with Gasteiger partial charge in [0.15, 0.2) is 0 Å². The van der Waals surface area contributed by atoms with Crippen LogP contribution in [-0.4, -0.2) is 11.4 Å². The van der Waals surface area contributed by atoms with Crippen molar-refractivity contribution in [1.82, 2.24) is 5.32 Å². The Balaban J connectivity index is 2.84. The third-order valence-electron chi connectivity index (χ3n) is 1.75. The van der Waals surface area contributed by atoms with Crippen LogP contribution in [0.2, 0.25) is 0 Å². The lowest BCUT2D eigenvalue weighted by atomic mass is 10.1. The van der Waals surface area contributed by atoms with Crippen molar-refractivity contribution in [1.29, 1.82) is 0 Å². The summed E-state index contributed by atoms with van der Waals surface area (Å²) in [5.41, 5.74) is -0.964. The molecular weight excluding hydrogens is 194 g/mol. The highest BCUT2D eigenvalue weighted by Crippen LogP contribution is 2.02. The van der Waals surface area contributed by atoms with E-state index in [1.54, 1.807) is 13.8 Å². The molecule has 0 aliphatic rings. The number of terminal acetylenes is 1. The first-order valence-corrected chi connectivity index (χ1v) is 4.34. The summed E-state index contributed by atoms with van der Waals surface area (Å²) in [4.78, 5) is 22.2. The molecule has 0 fully saturated rings. The van der Waals surface area contributed by atoms with Gasteiger partial charge in [-0.3, -0.25) is 4.79 Å². The number of hydrogen-bond donors (Lipinski definition) is 1. The fourth-order valence-electron chi connectivity index (χ4n) is 0.879. The van der Waals surface area contributed by atoms with Crippen LogP contribution in [0.1, 0.15) is 24.2 Å². The minimum absolute atomic E-state index is 0.262. The van der Waals surface area contributed by atoms with Crippen molar-refractivity contribution >= 4 is 5.91 Å². The second-order valence-corrected chi connectivity index (χ2v) is 3.57. The Bertz CT molecular complexity index is 445. The molecule has 0 saturated heterocycles. The summed E-state index contributed by atoms with van der Waals surface area (Å²) in [6.45, 7) is 3.40. The molecule has 0 radical (unpaired) electrons. The van der Waals surface area contributed by atoms with Gasteiger partial charge in [-0.2, -0.15) is 0 Å². The van der Waals surface area contributed by atoms with Gasteiger partial charge in [-0.1, -0.05) is 5.92 Å². The Morgan fingerprint density at radius 3 is 2.67 bits per heavy atom. The SMILES string of the molecule is C#CC(C)(C)NC(=O)c1ccc(=O)oc1. The largest absolute Gasteiger partial charge is 0.430 e. The van der Waals surface area contributed by atoms with Crippen LogP contribution in [0.25, 0.3) is 0 Å². The van der Waals surface area contributed by atoms with E-state index in [-0.39, 0.29) is 11.5 Å². The molecule has 4 nitrogen and oxygen atoms in total. The number of carbonyl (C=O) groups excluding carboxylic acids is 1. The van der Waals surface area contributed by atoms with Crippen LogP contribution in [0.15, 0.2) is 27.6 Å². The van der Waals surface area contributed by atoms with E-state index < -0.39 is 11.2 Å². The molecule has 1 aromatic rings. The maximum atomic E-state index is 11.6. The summed E-state index contributed by atoms with van der Waals surface area (Å²) < 4.78 is 4.56. The molecule has 1 heterocycles. The van der Waals surface area contributed by atoms with Gasteiger partial charge in [-0.15, -0.1) is 6.42 Å². The molecule has 1 rings (SSSR count). The van der Waals surface area contributed by atoms with Crippen LogP contribution in [0, 0.1) is 12.3 Å². The predicted octanol–water partition coefficient (Wildman–Crippen LogP) is 0.781. The fourth-order valence-corrected chi connectivity index (χ4v) is 0.879. The van der Waals surface area contributed by atoms with Crippen LogP contribution in [0.4, 0.5) is 0 Å². The molecule has 0 unspecified atom stereocenters. The molecule has 0 atom stereocenters. The van der Waals surface area contributed by atoms with Crippen LogP contribution >= 0.6 is 0 Å². The van der Waals surface area contributed by atoms with E-state index >= 15 is 0 Å². The number of amides is 1. The summed E-state index contributed by atoms with van der Waals surface area (Å²) in [7, 11) is 0. The van der Waals surface area contributed by atoms with Crippen molar-refractivity contribution in [2.24, 2.45) is 0 Å². The molecule has 0 bridgehead atoms. The van der Waals surface area contributed by atoms with E-state index in [9.17, 15) is 9.59 Å². The molecule has 0 aromatic carbocycles. The van der Waals surface area contributed by atoms with Crippen LogP contribution in [-0.2, 0) is 0 Å². The van der Waals surface area contributed by atoms with Gasteiger partial charge < -0.3 is 9.73 Å². The quantitative estimate of drug-likeness (QED) is 0.726. The molecule has 15 heavy (non-hydrogen) atoms. The van der Waals surface area contributed by atoms with E-state index in [4.69, 9.17) is 6.42 Å². The zero-order chi connectivity index (χ0) is 11.5. The number of hydrogen-bond acceptors (Lipinski definition) is 3. The lowest BCUT2D eigenvalue weighted by Crippen LogP contribution is -2.42. The highest BCUT2D eigenvalue weighted by atomic mass is 16.4. The Labute approximate surface area is 87.3 Å². The van der Waals surface area contributed by atoms with Crippen LogP contribution in [0.3, 0.4) is 0 Å². The first-order valence-electron chi connectivity index (χ1n) is 4.34. The standard InChI is InChI=1S/C11H11NO3/c1-4-11(2,3)12-10(14)8-5-6-9(13)15-7-8/h1,5-7H,2-3H3,(H,12,14). The van der Waals surface area contributed by atoms with Gasteiger partial charge in [0.2, 0.25) is 0 Å². The molecule has 1 aromatic heterocycles. The average molecular weight is 205 g/mol. The lowest BCUT2D eigenvalue weighted by molar-refractivity contribution is 0.0927. The minimum atomic E-state index is -0.729. The van der Waals surface area contributed by atoms with E-state index in [2.05, 4.69) is 15.7 Å². The topological polar surface area (TPSA) is 59.3 Å². The normalized spacial score (nSPS) is 10.5. The first-order chi connectivity index (χ1) is 6.94. The summed E-state index contributed by atoms with van der Waals surface area (Å²) >= 11 is 0. The Kier molecular flexibility index (Phi) is 2.96. The highest BCUT2D eigenvalue weighted by Gasteiger charge is 2.18. The van der Waals surface area contributed by atoms with Gasteiger partial charge >= 0.3 is 5.63 Å². The molecule has 4 heteroatoms. The molecule has 78 valence electrons. The maximum Gasteiger partial charge on any atom is 0.335 e. The van der Waals surface area contributed by atoms with Gasteiger partial charge in [-0.25, -0.2) is 4.79 Å². The Morgan fingerprint density at radius 2 is 2.20 bits per heavy atom. The van der Waals surface area contributed by atoms with E-state index in [0.29, 0.717) is 0 Å². The smallest absolute Gasteiger partial charge is 0.335 e. The predicted molar refractivity (Wildman–Crippen MR) is 55.4 cm³/mol. The number of rotatable bonds is 2. The zero-order valence-electron chi connectivity index (χ0n) is 8.53. The Morgan fingerprint density at radius 1 is 1.53 bits per heavy atom. The minimum Gasteiger partial charge on any atom is -0.430 e. The van der Waals surface area contributed by atoms with Gasteiger partial charge in [0, 0.05) is 6.07 Å². The van der Waals surface area contributed by atoms with Crippen molar-refractivity contribution in [3.05, 3.63) is 34.4 Å². The molecule has 0 spiro atoms. The lowest BCUT2D eigenvalue weighted by Gasteiger charge is -2.19. The molecule has 0 saturated carbocycles. The van der Waals surface area contributed by atoms with E-state index in [0.717, 1.165) is 6.26 Å². The zero-order valence-corrected chi connectivity index (χ0v) is 8.53. The van der Waals surface area contributed by atoms with Crippen LogP contribution < -0.4 is 10.9 Å². The fraction of sp³-hybridized carbons (Fsp3) is 0.273. The number of nitrogens with one attached hydrogen (secondary N) is 1. The van der Waals surface area contributed by atoms with Crippen molar-refractivity contribution in [2.45, 2.75) is 19.4 Å². The summed E-state index contributed by atoms with van der Waals surface area (Å²) in [5, 5.41) is 2.60. The molecule has 0 aliphatic heterocycles. The first kappa shape index (κ1) is 11.1. The summed E-state index contributed by atoms with van der Waals surface area (Å²) in [6, 6.07) is 2.56. The third-order valence-corrected chi connectivity index (χ3v) is 1.75. The van der Waals surface area contributed by atoms with Crippen molar-refractivity contribution in [2.75, 3.05) is 0 Å². The van der Waals surface area contributed by atoms with Gasteiger partial charge in [-0.05, 0) is 19.9 Å². The van der Waals surface area contributed by atoms with E-state index in [1.807, 2.05) is 0 Å². The average Bonchev–Trinajstić information content (AvgIpc) is 2.18. The second kappa shape index (κ2) is 4.01. The Hall–Kier alpha value is -2.02. The summed E-state index contributed by atoms with van der Waals surface area (Å²) in [5.74, 6) is 2.06. The third kappa shape index (κ3) is 2.99. The molecule has 1 amide bonds. The van der Waals surface area contributed by atoms with Crippen LogP contribution in [0.5, 0.6) is 0 Å².